The maximum absolute atomic E-state index is 12.7. The van der Waals surface area contributed by atoms with Crippen molar-refractivity contribution < 1.29 is 14.7 Å². The van der Waals surface area contributed by atoms with Crippen LogP contribution in [0.1, 0.15) is 11.5 Å². The van der Waals surface area contributed by atoms with Gasteiger partial charge in [-0.1, -0.05) is 30.4 Å². The Bertz CT molecular complexity index is 932. The van der Waals surface area contributed by atoms with Gasteiger partial charge in [0, 0.05) is 23.8 Å². The van der Waals surface area contributed by atoms with Gasteiger partial charge in [-0.2, -0.15) is 0 Å². The molecule has 0 fully saturated rings. The highest BCUT2D eigenvalue weighted by Crippen LogP contribution is 2.21. The molecule has 144 valence electrons. The zero-order chi connectivity index (χ0) is 20.1. The average Bonchev–Trinajstić information content (AvgIpc) is 2.66. The second kappa shape index (κ2) is 8.57. The van der Waals surface area contributed by atoms with Gasteiger partial charge in [0.15, 0.2) is 5.78 Å². The fourth-order valence-electron chi connectivity index (χ4n) is 2.81. The summed E-state index contributed by atoms with van der Waals surface area (Å²) >= 11 is 5.46. The van der Waals surface area contributed by atoms with Crippen LogP contribution < -0.4 is 10.6 Å². The highest BCUT2D eigenvalue weighted by Gasteiger charge is 2.34. The predicted molar refractivity (Wildman–Crippen MR) is 108 cm³/mol. The molecule has 1 aliphatic rings. The number of thiocarbonyl (C=S) groups is 1. The standard InChI is InChI=1S/C19H19N5O3S/c1-12-20-8-7-14(22-12)9-21-15-10-24(19(26)27)11-16(25)17(15)18(28)23-13-5-3-2-4-6-13/h2-8,10,17,21H,9,11H2,1H3,(H,23,28)(H,26,27). The van der Waals surface area contributed by atoms with Gasteiger partial charge >= 0.3 is 6.09 Å². The number of carbonyl (C=O) groups is 2. The normalized spacial score (nSPS) is 16.3. The van der Waals surface area contributed by atoms with Gasteiger partial charge in [-0.15, -0.1) is 0 Å². The Balaban J connectivity index is 1.82. The van der Waals surface area contributed by atoms with Crippen LogP contribution in [-0.2, 0) is 11.3 Å². The largest absolute Gasteiger partial charge is 0.465 e. The second-order valence-corrected chi connectivity index (χ2v) is 6.64. The summed E-state index contributed by atoms with van der Waals surface area (Å²) in [6.07, 6.45) is 1.84. The van der Waals surface area contributed by atoms with E-state index < -0.39 is 12.0 Å². The van der Waals surface area contributed by atoms with Crippen LogP contribution in [0.25, 0.3) is 0 Å². The number of carbonyl (C=O) groups excluding carboxylic acids is 1. The summed E-state index contributed by atoms with van der Waals surface area (Å²) in [5.41, 5.74) is 1.88. The lowest BCUT2D eigenvalue weighted by molar-refractivity contribution is -0.121. The molecular formula is C19H19N5O3S. The Morgan fingerprint density at radius 2 is 2.07 bits per heavy atom. The molecule has 1 aromatic heterocycles. The van der Waals surface area contributed by atoms with E-state index in [4.69, 9.17) is 12.2 Å². The van der Waals surface area contributed by atoms with E-state index >= 15 is 0 Å². The predicted octanol–water partition coefficient (Wildman–Crippen LogP) is 2.33. The Morgan fingerprint density at radius 1 is 1.32 bits per heavy atom. The molecule has 2 aromatic rings. The monoisotopic (exact) mass is 397 g/mol. The van der Waals surface area contributed by atoms with Gasteiger partial charge < -0.3 is 15.7 Å². The molecule has 0 spiro atoms. The molecule has 3 rings (SSSR count). The van der Waals surface area contributed by atoms with E-state index in [0.29, 0.717) is 28.7 Å². The van der Waals surface area contributed by atoms with Crippen LogP contribution in [0.4, 0.5) is 10.5 Å². The van der Waals surface area contributed by atoms with Crippen LogP contribution in [-0.4, -0.2) is 43.4 Å². The maximum atomic E-state index is 12.7. The van der Waals surface area contributed by atoms with Crippen LogP contribution in [0.15, 0.2) is 54.5 Å². The number of ketones is 1. The Labute approximate surface area is 167 Å². The van der Waals surface area contributed by atoms with Crippen molar-refractivity contribution in [1.82, 2.24) is 20.2 Å². The molecule has 0 bridgehead atoms. The zero-order valence-electron chi connectivity index (χ0n) is 15.1. The topological polar surface area (TPSA) is 107 Å². The fraction of sp³-hybridized carbons (Fsp3) is 0.211. The van der Waals surface area contributed by atoms with E-state index in [0.717, 1.165) is 10.6 Å². The van der Waals surface area contributed by atoms with Gasteiger partial charge in [-0.05, 0) is 25.1 Å². The molecular weight excluding hydrogens is 378 g/mol. The van der Waals surface area contributed by atoms with Gasteiger partial charge in [0.2, 0.25) is 0 Å². The van der Waals surface area contributed by atoms with Gasteiger partial charge in [0.05, 0.1) is 23.8 Å². The SMILES string of the molecule is Cc1nccc(CNC2=CN(C(=O)O)CC(=O)C2C(=S)Nc2ccccc2)n1. The third-order valence-corrected chi connectivity index (χ3v) is 4.45. The number of benzene rings is 1. The number of amides is 1. The number of hydrogen-bond donors (Lipinski definition) is 3. The first kappa shape index (κ1) is 19.4. The van der Waals surface area contributed by atoms with E-state index in [1.807, 2.05) is 30.3 Å². The highest BCUT2D eigenvalue weighted by atomic mass is 32.1. The molecule has 1 aliphatic heterocycles. The number of hydrogen-bond acceptors (Lipinski definition) is 6. The molecule has 8 nitrogen and oxygen atoms in total. The van der Waals surface area contributed by atoms with Crippen molar-refractivity contribution in [3.63, 3.8) is 0 Å². The van der Waals surface area contributed by atoms with Gasteiger partial charge in [0.1, 0.15) is 11.7 Å². The first-order valence-corrected chi connectivity index (χ1v) is 8.97. The molecule has 0 radical (unpaired) electrons. The van der Waals surface area contributed by atoms with Crippen LogP contribution in [0.2, 0.25) is 0 Å². The number of rotatable bonds is 5. The first-order valence-electron chi connectivity index (χ1n) is 8.56. The van der Waals surface area contributed by atoms with E-state index in [1.165, 1.54) is 6.20 Å². The minimum atomic E-state index is -1.20. The lowest BCUT2D eigenvalue weighted by Crippen LogP contribution is -2.46. The molecule has 0 saturated carbocycles. The number of nitrogens with one attached hydrogen (secondary N) is 2. The van der Waals surface area contributed by atoms with Crippen molar-refractivity contribution >= 4 is 34.8 Å². The van der Waals surface area contributed by atoms with Gasteiger partial charge in [0.25, 0.3) is 0 Å². The smallest absolute Gasteiger partial charge is 0.411 e. The lowest BCUT2D eigenvalue weighted by atomic mass is 9.96. The lowest BCUT2D eigenvalue weighted by Gasteiger charge is -2.30. The third-order valence-electron chi connectivity index (χ3n) is 4.11. The minimum absolute atomic E-state index is 0.256. The molecule has 2 heterocycles. The van der Waals surface area contributed by atoms with Crippen molar-refractivity contribution in [3.8, 4) is 0 Å². The van der Waals surface area contributed by atoms with Crippen LogP contribution in [0.5, 0.6) is 0 Å². The average molecular weight is 397 g/mol. The number of Topliss-reactive ketones (excluding diaryl/α,β-unsaturated/α-hetero) is 1. The van der Waals surface area contributed by atoms with Gasteiger partial charge in [-0.25, -0.2) is 14.8 Å². The molecule has 1 atom stereocenters. The summed E-state index contributed by atoms with van der Waals surface area (Å²) in [5, 5.41) is 15.5. The number of anilines is 1. The molecule has 3 N–H and O–H groups in total. The van der Waals surface area contributed by atoms with E-state index in [1.54, 1.807) is 19.2 Å². The molecule has 1 amide bonds. The Hall–Kier alpha value is -3.33. The summed E-state index contributed by atoms with van der Waals surface area (Å²) in [4.78, 5) is 33.6. The Kier molecular flexibility index (Phi) is 5.95. The summed E-state index contributed by atoms with van der Waals surface area (Å²) in [5.74, 6) is -0.452. The molecule has 0 aliphatic carbocycles. The van der Waals surface area contributed by atoms with E-state index in [-0.39, 0.29) is 12.3 Å². The van der Waals surface area contributed by atoms with E-state index in [2.05, 4.69) is 20.6 Å². The summed E-state index contributed by atoms with van der Waals surface area (Å²) in [7, 11) is 0. The summed E-state index contributed by atoms with van der Waals surface area (Å²) < 4.78 is 0. The molecule has 1 unspecified atom stereocenters. The third kappa shape index (κ3) is 4.68. The number of aryl methyl sites for hydroxylation is 1. The van der Waals surface area contributed by atoms with Crippen LogP contribution >= 0.6 is 12.2 Å². The number of para-hydroxylation sites is 1. The molecule has 0 saturated heterocycles. The maximum Gasteiger partial charge on any atom is 0.411 e. The van der Waals surface area contributed by atoms with E-state index in [9.17, 15) is 14.7 Å². The second-order valence-electron chi connectivity index (χ2n) is 6.20. The van der Waals surface area contributed by atoms with Gasteiger partial charge in [-0.3, -0.25) is 9.69 Å². The minimum Gasteiger partial charge on any atom is -0.465 e. The molecule has 9 heteroatoms. The Morgan fingerprint density at radius 3 is 2.75 bits per heavy atom. The van der Waals surface area contributed by atoms with Crippen molar-refractivity contribution in [2.24, 2.45) is 5.92 Å². The van der Waals surface area contributed by atoms with Crippen molar-refractivity contribution in [2.45, 2.75) is 13.5 Å². The summed E-state index contributed by atoms with van der Waals surface area (Å²) in [6.45, 7) is 1.83. The zero-order valence-corrected chi connectivity index (χ0v) is 15.9. The number of carboxylic acid groups (broad SMARTS) is 1. The van der Waals surface area contributed by atoms with Crippen molar-refractivity contribution in [1.29, 1.82) is 0 Å². The molecule has 1 aromatic carbocycles. The van der Waals surface area contributed by atoms with Crippen LogP contribution in [0.3, 0.4) is 0 Å². The fourth-order valence-corrected chi connectivity index (χ4v) is 3.19. The van der Waals surface area contributed by atoms with Crippen LogP contribution in [0, 0.1) is 12.8 Å². The summed E-state index contributed by atoms with van der Waals surface area (Å²) in [6, 6.07) is 11.0. The number of nitrogens with zero attached hydrogens (tertiary/aromatic N) is 3. The van der Waals surface area contributed by atoms with Crippen molar-refractivity contribution in [2.75, 3.05) is 11.9 Å². The first-order chi connectivity index (χ1) is 13.4. The van der Waals surface area contributed by atoms with Crippen molar-refractivity contribution in [3.05, 3.63) is 66.0 Å². The highest BCUT2D eigenvalue weighted by molar-refractivity contribution is 7.80. The quantitative estimate of drug-likeness (QED) is 0.660. The molecule has 28 heavy (non-hydrogen) atoms. The number of aromatic nitrogens is 2.